The number of thioether (sulfide) groups is 1. The number of aliphatic hydroxyl groups excluding tert-OH is 1. The lowest BCUT2D eigenvalue weighted by molar-refractivity contribution is 0.169. The fourth-order valence-corrected chi connectivity index (χ4v) is 3.90. The van der Waals surface area contributed by atoms with Gasteiger partial charge >= 0.3 is 0 Å². The molecule has 20 heavy (non-hydrogen) atoms. The molecule has 0 radical (unpaired) electrons. The monoisotopic (exact) mass is 301 g/mol. The van der Waals surface area contributed by atoms with Gasteiger partial charge < -0.3 is 10.4 Å². The van der Waals surface area contributed by atoms with Crippen molar-refractivity contribution < 1.29 is 13.9 Å². The highest BCUT2D eigenvalue weighted by Gasteiger charge is 2.27. The summed E-state index contributed by atoms with van der Waals surface area (Å²) in [5.41, 5.74) is 0.411. The normalized spacial score (nSPS) is 24.0. The van der Waals surface area contributed by atoms with Crippen LogP contribution in [0.15, 0.2) is 18.2 Å². The van der Waals surface area contributed by atoms with E-state index >= 15 is 0 Å². The van der Waals surface area contributed by atoms with E-state index in [9.17, 15) is 13.9 Å². The molecule has 1 aliphatic carbocycles. The van der Waals surface area contributed by atoms with Crippen LogP contribution in [0.2, 0.25) is 0 Å². The highest BCUT2D eigenvalue weighted by atomic mass is 32.2. The van der Waals surface area contributed by atoms with Crippen LogP contribution in [0.4, 0.5) is 8.78 Å². The molecule has 1 aliphatic rings. The van der Waals surface area contributed by atoms with E-state index in [1.807, 2.05) is 11.8 Å². The van der Waals surface area contributed by atoms with Gasteiger partial charge in [0.2, 0.25) is 0 Å². The molecule has 112 valence electrons. The maximum absolute atomic E-state index is 13.1. The molecule has 2 rings (SSSR count). The van der Waals surface area contributed by atoms with Crippen LogP contribution < -0.4 is 5.32 Å². The van der Waals surface area contributed by atoms with E-state index in [1.54, 1.807) is 0 Å². The summed E-state index contributed by atoms with van der Waals surface area (Å²) >= 11 is 1.95. The fourth-order valence-electron chi connectivity index (χ4n) is 2.67. The first kappa shape index (κ1) is 15.7. The Morgan fingerprint density at radius 2 is 2.15 bits per heavy atom. The topological polar surface area (TPSA) is 32.3 Å². The van der Waals surface area contributed by atoms with Crippen molar-refractivity contribution >= 4 is 11.8 Å². The minimum atomic E-state index is -0.915. The summed E-state index contributed by atoms with van der Waals surface area (Å²) in [6, 6.07) is 3.95. The lowest BCUT2D eigenvalue weighted by atomic mass is 10.1. The number of benzene rings is 1. The van der Waals surface area contributed by atoms with E-state index in [-0.39, 0.29) is 0 Å². The third kappa shape index (κ3) is 3.93. The van der Waals surface area contributed by atoms with Gasteiger partial charge in [0.15, 0.2) is 11.6 Å². The molecule has 0 heterocycles. The Kier molecular flexibility index (Phi) is 5.81. The van der Waals surface area contributed by atoms with Crippen molar-refractivity contribution in [2.75, 3.05) is 12.3 Å². The van der Waals surface area contributed by atoms with E-state index in [0.29, 0.717) is 23.4 Å². The van der Waals surface area contributed by atoms with E-state index in [2.05, 4.69) is 12.2 Å². The molecule has 0 bridgehead atoms. The molecule has 0 spiro atoms. The van der Waals surface area contributed by atoms with Crippen LogP contribution >= 0.6 is 11.8 Å². The van der Waals surface area contributed by atoms with Crippen LogP contribution in [0.1, 0.15) is 37.9 Å². The smallest absolute Gasteiger partial charge is 0.159 e. The molecule has 1 saturated carbocycles. The first-order valence-corrected chi connectivity index (χ1v) is 8.14. The summed E-state index contributed by atoms with van der Waals surface area (Å²) in [5.74, 6) is -0.708. The Bertz CT molecular complexity index is 444. The summed E-state index contributed by atoms with van der Waals surface area (Å²) < 4.78 is 26.0. The van der Waals surface area contributed by atoms with Gasteiger partial charge in [-0.3, -0.25) is 0 Å². The van der Waals surface area contributed by atoms with Gasteiger partial charge in [0.05, 0.1) is 6.10 Å². The van der Waals surface area contributed by atoms with Crippen LogP contribution in [-0.2, 0) is 0 Å². The zero-order chi connectivity index (χ0) is 14.5. The van der Waals surface area contributed by atoms with E-state index in [0.717, 1.165) is 24.3 Å². The molecule has 3 unspecified atom stereocenters. The van der Waals surface area contributed by atoms with Crippen LogP contribution in [0.25, 0.3) is 0 Å². The van der Waals surface area contributed by atoms with Crippen molar-refractivity contribution in [2.24, 2.45) is 0 Å². The van der Waals surface area contributed by atoms with E-state index in [4.69, 9.17) is 0 Å². The zero-order valence-corrected chi connectivity index (χ0v) is 12.4. The second-order valence-electron chi connectivity index (χ2n) is 5.13. The summed E-state index contributed by atoms with van der Waals surface area (Å²) in [6.45, 7) is 2.52. The van der Waals surface area contributed by atoms with Gasteiger partial charge in [0.1, 0.15) is 0 Å². The molecule has 0 saturated heterocycles. The van der Waals surface area contributed by atoms with Crippen molar-refractivity contribution in [3.05, 3.63) is 35.4 Å². The lowest BCUT2D eigenvalue weighted by Crippen LogP contribution is -2.37. The molecule has 3 atom stereocenters. The summed E-state index contributed by atoms with van der Waals surface area (Å²) in [5, 5.41) is 14.0. The lowest BCUT2D eigenvalue weighted by Gasteiger charge is -2.22. The third-order valence-corrected chi connectivity index (χ3v) is 5.06. The standard InChI is InChI=1S/C15H21F2NOS/c1-2-20-15-5-3-4-13(15)18-9-14(19)10-6-7-11(16)12(17)8-10/h6-8,13-15,18-19H,2-5,9H2,1H3. The summed E-state index contributed by atoms with van der Waals surface area (Å²) in [4.78, 5) is 0. The van der Waals surface area contributed by atoms with Gasteiger partial charge in [0, 0.05) is 17.8 Å². The number of halogens is 2. The Morgan fingerprint density at radius 1 is 1.35 bits per heavy atom. The second-order valence-corrected chi connectivity index (χ2v) is 6.64. The molecular weight excluding hydrogens is 280 g/mol. The predicted octanol–water partition coefficient (Wildman–Crippen LogP) is 3.26. The summed E-state index contributed by atoms with van der Waals surface area (Å²) in [7, 11) is 0. The Hall–Kier alpha value is -0.650. The molecule has 0 aliphatic heterocycles. The molecular formula is C15H21F2NOS. The van der Waals surface area contributed by atoms with Crippen LogP contribution in [0.5, 0.6) is 0 Å². The first-order valence-electron chi connectivity index (χ1n) is 7.09. The highest BCUT2D eigenvalue weighted by Crippen LogP contribution is 2.30. The number of hydrogen-bond acceptors (Lipinski definition) is 3. The van der Waals surface area contributed by atoms with Crippen molar-refractivity contribution in [1.82, 2.24) is 5.32 Å². The average molecular weight is 301 g/mol. The second kappa shape index (κ2) is 7.38. The number of aliphatic hydroxyl groups is 1. The number of nitrogens with one attached hydrogen (secondary N) is 1. The van der Waals surface area contributed by atoms with Crippen molar-refractivity contribution in [2.45, 2.75) is 43.6 Å². The maximum Gasteiger partial charge on any atom is 0.159 e. The van der Waals surface area contributed by atoms with E-state index < -0.39 is 17.7 Å². The van der Waals surface area contributed by atoms with Crippen molar-refractivity contribution in [1.29, 1.82) is 0 Å². The van der Waals surface area contributed by atoms with Gasteiger partial charge in [-0.15, -0.1) is 0 Å². The third-order valence-electron chi connectivity index (χ3n) is 3.74. The maximum atomic E-state index is 13.1. The SMILES string of the molecule is CCSC1CCCC1NCC(O)c1ccc(F)c(F)c1. The molecule has 2 nitrogen and oxygen atoms in total. The van der Waals surface area contributed by atoms with Gasteiger partial charge in [-0.05, 0) is 36.3 Å². The molecule has 0 amide bonds. The zero-order valence-electron chi connectivity index (χ0n) is 11.6. The van der Waals surface area contributed by atoms with Gasteiger partial charge in [0.25, 0.3) is 0 Å². The fraction of sp³-hybridized carbons (Fsp3) is 0.600. The Morgan fingerprint density at radius 3 is 2.85 bits per heavy atom. The van der Waals surface area contributed by atoms with Crippen LogP contribution in [0, 0.1) is 11.6 Å². The number of rotatable bonds is 6. The van der Waals surface area contributed by atoms with E-state index in [1.165, 1.54) is 18.9 Å². The highest BCUT2D eigenvalue weighted by molar-refractivity contribution is 7.99. The van der Waals surface area contributed by atoms with Crippen LogP contribution in [-0.4, -0.2) is 28.7 Å². The van der Waals surface area contributed by atoms with Crippen molar-refractivity contribution in [3.8, 4) is 0 Å². The summed E-state index contributed by atoms with van der Waals surface area (Å²) in [6.07, 6.45) is 2.72. The van der Waals surface area contributed by atoms with Gasteiger partial charge in [-0.25, -0.2) is 8.78 Å². The predicted molar refractivity (Wildman–Crippen MR) is 78.9 cm³/mol. The molecule has 2 N–H and O–H groups in total. The first-order chi connectivity index (χ1) is 9.61. The molecule has 1 aromatic rings. The molecule has 0 aromatic heterocycles. The number of hydrogen-bond donors (Lipinski definition) is 2. The minimum Gasteiger partial charge on any atom is -0.387 e. The van der Waals surface area contributed by atoms with Gasteiger partial charge in [-0.2, -0.15) is 11.8 Å². The molecule has 1 aromatic carbocycles. The Balaban J connectivity index is 1.88. The quantitative estimate of drug-likeness (QED) is 0.846. The molecule has 5 heteroatoms. The Labute approximate surface area is 123 Å². The van der Waals surface area contributed by atoms with Gasteiger partial charge in [-0.1, -0.05) is 19.4 Å². The average Bonchev–Trinajstić information content (AvgIpc) is 2.87. The van der Waals surface area contributed by atoms with Crippen LogP contribution in [0.3, 0.4) is 0 Å². The minimum absolute atomic E-state index is 0.372. The molecule has 1 fully saturated rings. The largest absolute Gasteiger partial charge is 0.387 e. The van der Waals surface area contributed by atoms with Crippen molar-refractivity contribution in [3.63, 3.8) is 0 Å².